The summed E-state index contributed by atoms with van der Waals surface area (Å²) in [6, 6.07) is 0. The molecular formula is C4H4FLiN2. The number of hydrogen-bond donors (Lipinski definition) is 0. The van der Waals surface area contributed by atoms with Gasteiger partial charge in [-0.1, -0.05) is 0 Å². The second-order valence-corrected chi connectivity index (χ2v) is 1.03. The molecule has 8 heavy (non-hydrogen) atoms. The summed E-state index contributed by atoms with van der Waals surface area (Å²) in [5, 5.41) is 0. The molecule has 0 aromatic carbocycles. The van der Waals surface area contributed by atoms with Crippen molar-refractivity contribution in [2.45, 2.75) is 0 Å². The number of nitrogens with zero attached hydrogens (tertiary/aromatic N) is 2. The molecule has 1 aromatic rings. The van der Waals surface area contributed by atoms with Crippen molar-refractivity contribution in [3.63, 3.8) is 0 Å². The van der Waals surface area contributed by atoms with Crippen LogP contribution in [0.15, 0.2) is 18.6 Å². The molecule has 0 N–H and O–H groups in total. The standard InChI is InChI=1S/C4H3FN2.Li.H/c5-4-3-6-1-2-7-4;;/h1-3H;;. The second-order valence-electron chi connectivity index (χ2n) is 1.03. The molecule has 0 aliphatic heterocycles. The molecule has 1 rings (SSSR count). The summed E-state index contributed by atoms with van der Waals surface area (Å²) in [6.07, 6.45) is 3.78. The zero-order valence-electron chi connectivity index (χ0n) is 3.50. The van der Waals surface area contributed by atoms with Gasteiger partial charge in [-0.15, -0.1) is 0 Å². The van der Waals surface area contributed by atoms with E-state index in [1.54, 1.807) is 0 Å². The number of aromatic nitrogens is 2. The Bertz CT molecular complexity index is 144. The maximum atomic E-state index is 11.7. The van der Waals surface area contributed by atoms with Crippen LogP contribution in [0.4, 0.5) is 4.39 Å². The van der Waals surface area contributed by atoms with Crippen LogP contribution in [-0.4, -0.2) is 28.8 Å². The van der Waals surface area contributed by atoms with Crippen LogP contribution in [0.25, 0.3) is 0 Å². The monoisotopic (exact) mass is 106 g/mol. The average molecular weight is 106 g/mol. The van der Waals surface area contributed by atoms with E-state index in [-0.39, 0.29) is 18.9 Å². The molecule has 2 nitrogen and oxygen atoms in total. The Labute approximate surface area is 58.3 Å². The Morgan fingerprint density at radius 3 is 2.38 bits per heavy atom. The molecule has 1 heterocycles. The van der Waals surface area contributed by atoms with E-state index in [1.807, 2.05) is 0 Å². The van der Waals surface area contributed by atoms with Gasteiger partial charge in [0.25, 0.3) is 0 Å². The molecule has 0 saturated carbocycles. The zero-order valence-corrected chi connectivity index (χ0v) is 3.50. The van der Waals surface area contributed by atoms with Crippen LogP contribution in [0.2, 0.25) is 0 Å². The van der Waals surface area contributed by atoms with Crippen molar-refractivity contribution in [3.05, 3.63) is 24.5 Å². The van der Waals surface area contributed by atoms with E-state index in [1.165, 1.54) is 12.4 Å². The fraction of sp³-hybridized carbons (Fsp3) is 0. The molecule has 4 heteroatoms. The van der Waals surface area contributed by atoms with Gasteiger partial charge in [-0.05, 0) is 0 Å². The van der Waals surface area contributed by atoms with Crippen molar-refractivity contribution in [3.8, 4) is 0 Å². The van der Waals surface area contributed by atoms with Crippen molar-refractivity contribution in [1.29, 1.82) is 0 Å². The summed E-state index contributed by atoms with van der Waals surface area (Å²) in [5.41, 5.74) is 0. The SMILES string of the molecule is Fc1cnccn1.[LiH]. The van der Waals surface area contributed by atoms with Crippen molar-refractivity contribution in [2.24, 2.45) is 0 Å². The van der Waals surface area contributed by atoms with Gasteiger partial charge in [0.1, 0.15) is 0 Å². The Morgan fingerprint density at radius 2 is 2.12 bits per heavy atom. The molecule has 0 radical (unpaired) electrons. The third-order valence-corrected chi connectivity index (χ3v) is 0.532. The fourth-order valence-corrected chi connectivity index (χ4v) is 0.281. The van der Waals surface area contributed by atoms with E-state index >= 15 is 0 Å². The van der Waals surface area contributed by atoms with Crippen LogP contribution >= 0.6 is 0 Å². The fourth-order valence-electron chi connectivity index (χ4n) is 0.281. The van der Waals surface area contributed by atoms with Gasteiger partial charge >= 0.3 is 18.9 Å². The van der Waals surface area contributed by atoms with Crippen LogP contribution in [0.5, 0.6) is 0 Å². The van der Waals surface area contributed by atoms with Crippen molar-refractivity contribution in [1.82, 2.24) is 9.97 Å². The molecule has 0 atom stereocenters. The number of halogens is 1. The van der Waals surface area contributed by atoms with E-state index < -0.39 is 5.95 Å². The first-order valence-corrected chi connectivity index (χ1v) is 1.81. The minimum atomic E-state index is -0.539. The molecule has 0 amide bonds. The van der Waals surface area contributed by atoms with Gasteiger partial charge in [0.2, 0.25) is 5.95 Å². The van der Waals surface area contributed by atoms with E-state index in [0.29, 0.717) is 0 Å². The van der Waals surface area contributed by atoms with Gasteiger partial charge in [-0.2, -0.15) is 4.39 Å². The van der Waals surface area contributed by atoms with Crippen molar-refractivity contribution < 1.29 is 4.39 Å². The number of hydrogen-bond acceptors (Lipinski definition) is 2. The molecule has 0 unspecified atom stereocenters. The molecule has 0 aliphatic carbocycles. The van der Waals surface area contributed by atoms with Crippen LogP contribution in [0, 0.1) is 5.95 Å². The van der Waals surface area contributed by atoms with Gasteiger partial charge in [-0.3, -0.25) is 4.98 Å². The predicted molar refractivity (Wildman–Crippen MR) is 29.1 cm³/mol. The topological polar surface area (TPSA) is 25.8 Å². The van der Waals surface area contributed by atoms with E-state index in [9.17, 15) is 4.39 Å². The van der Waals surface area contributed by atoms with Crippen molar-refractivity contribution >= 4 is 18.9 Å². The average Bonchev–Trinajstić information content (AvgIpc) is 1.69. The quantitative estimate of drug-likeness (QED) is 0.434. The van der Waals surface area contributed by atoms with Crippen LogP contribution in [-0.2, 0) is 0 Å². The third kappa shape index (κ3) is 2.06. The van der Waals surface area contributed by atoms with Gasteiger partial charge < -0.3 is 0 Å². The summed E-state index contributed by atoms with van der Waals surface area (Å²) in [6.45, 7) is 0. The normalized spacial score (nSPS) is 7.62. The summed E-state index contributed by atoms with van der Waals surface area (Å²) < 4.78 is 11.7. The first-order chi connectivity index (χ1) is 3.39. The van der Waals surface area contributed by atoms with E-state index in [0.717, 1.165) is 6.20 Å². The molecule has 0 fully saturated rings. The second kappa shape index (κ2) is 3.59. The third-order valence-electron chi connectivity index (χ3n) is 0.532. The zero-order chi connectivity index (χ0) is 5.11. The predicted octanol–water partition coefficient (Wildman–Crippen LogP) is -0.0328. The molecule has 0 spiro atoms. The molecule has 0 saturated heterocycles. The Balaban J connectivity index is 0.000000490. The van der Waals surface area contributed by atoms with Crippen LogP contribution < -0.4 is 0 Å². The Kier molecular flexibility index (Phi) is 3.41. The summed E-state index contributed by atoms with van der Waals surface area (Å²) >= 11 is 0. The van der Waals surface area contributed by atoms with Gasteiger partial charge in [0, 0.05) is 12.4 Å². The Morgan fingerprint density at radius 1 is 1.38 bits per heavy atom. The van der Waals surface area contributed by atoms with Crippen molar-refractivity contribution in [2.75, 3.05) is 0 Å². The maximum absolute atomic E-state index is 11.7. The van der Waals surface area contributed by atoms with Gasteiger partial charge in [-0.25, -0.2) is 4.98 Å². The summed E-state index contributed by atoms with van der Waals surface area (Å²) in [4.78, 5) is 6.70. The first-order valence-electron chi connectivity index (χ1n) is 1.81. The Hall–Kier alpha value is -0.393. The minimum absolute atomic E-state index is 0. The summed E-state index contributed by atoms with van der Waals surface area (Å²) in [5.74, 6) is -0.539. The van der Waals surface area contributed by atoms with E-state index in [4.69, 9.17) is 0 Å². The number of rotatable bonds is 0. The molecule has 0 bridgehead atoms. The molecule has 0 aliphatic rings. The van der Waals surface area contributed by atoms with Gasteiger partial charge in [0.05, 0.1) is 6.20 Å². The first kappa shape index (κ1) is 7.61. The molecule has 1 aromatic heterocycles. The molecule has 38 valence electrons. The molecular weight excluding hydrogens is 102 g/mol. The summed E-state index contributed by atoms with van der Waals surface area (Å²) in [7, 11) is 0. The van der Waals surface area contributed by atoms with Crippen LogP contribution in [0.3, 0.4) is 0 Å². The van der Waals surface area contributed by atoms with E-state index in [2.05, 4.69) is 9.97 Å². The van der Waals surface area contributed by atoms with Gasteiger partial charge in [0.15, 0.2) is 0 Å². The van der Waals surface area contributed by atoms with Crippen LogP contribution in [0.1, 0.15) is 0 Å².